The number of hydrogen-bond donors (Lipinski definition) is 1. The Balaban J connectivity index is 1.22. The van der Waals surface area contributed by atoms with Gasteiger partial charge in [0.1, 0.15) is 6.10 Å². The van der Waals surface area contributed by atoms with Crippen LogP contribution in [-0.4, -0.2) is 72.4 Å². The number of methoxy groups -OCH3 is 1. The number of ether oxygens (including phenoxy) is 2. The van der Waals surface area contributed by atoms with Gasteiger partial charge in [-0.15, -0.1) is 0 Å². The molecule has 1 spiro atoms. The first-order valence-electron chi connectivity index (χ1n) is 13.8. The molecule has 0 aromatic heterocycles. The fraction of sp³-hybridized carbons (Fsp3) is 0.567. The van der Waals surface area contributed by atoms with Crippen LogP contribution in [0.3, 0.4) is 0 Å². The lowest BCUT2D eigenvalue weighted by atomic mass is 9.51. The number of carbonyl (C=O) groups is 1. The molecule has 38 heavy (non-hydrogen) atoms. The summed E-state index contributed by atoms with van der Waals surface area (Å²) in [4.78, 5) is 18.1. The van der Waals surface area contributed by atoms with E-state index >= 15 is 0 Å². The first-order chi connectivity index (χ1) is 18.3. The maximum atomic E-state index is 13.6. The van der Waals surface area contributed by atoms with Gasteiger partial charge >= 0.3 is 0 Å². The number of hydrogen-bond acceptors (Lipinski definition) is 5. The molecule has 2 aliphatic heterocycles. The number of amides is 1. The van der Waals surface area contributed by atoms with E-state index in [1.807, 2.05) is 24.1 Å². The van der Waals surface area contributed by atoms with Crippen LogP contribution in [0, 0.1) is 11.8 Å². The third-order valence-corrected chi connectivity index (χ3v) is 10.9. The van der Waals surface area contributed by atoms with Gasteiger partial charge in [-0.05, 0) is 73.9 Å². The molecule has 6 nitrogen and oxygen atoms in total. The molecule has 0 radical (unpaired) electrons. The Hall–Kier alpha value is -1.99. The summed E-state index contributed by atoms with van der Waals surface area (Å²) in [5, 5.41) is 11.0. The highest BCUT2D eigenvalue weighted by Gasteiger charge is 2.66. The normalized spacial score (nSPS) is 34.3. The van der Waals surface area contributed by atoms with E-state index in [4.69, 9.17) is 32.7 Å². The van der Waals surface area contributed by atoms with Gasteiger partial charge in [0.15, 0.2) is 11.5 Å². The van der Waals surface area contributed by atoms with E-state index in [0.717, 1.165) is 62.3 Å². The number of likely N-dealkylation sites (N-methyl/N-ethyl adjacent to an activating group) is 1. The van der Waals surface area contributed by atoms with Crippen molar-refractivity contribution in [3.05, 3.63) is 57.1 Å². The fourth-order valence-electron chi connectivity index (χ4n) is 8.23. The van der Waals surface area contributed by atoms with Gasteiger partial charge in [-0.2, -0.15) is 0 Å². The second-order valence-corrected chi connectivity index (χ2v) is 12.8. The van der Waals surface area contributed by atoms with Gasteiger partial charge < -0.3 is 19.5 Å². The van der Waals surface area contributed by atoms with E-state index in [2.05, 4.69) is 11.0 Å². The standard InChI is InChI=1S/C30H34Cl2N2O4/c1-33(26(36)12-16-3-6-20(31)21(32)11-16)22-7-5-19-23-13-17-4-8-25(37-2)28-27(17)30(19,29(22)38-28)9-10-34(23)15-18-14-24(18)35/h3-4,6,8,11,18-19,22-24,29,35H,5,7,9-10,12-15H2,1-2H3/t18?,19-,22+,23+,24?,29-,30-/m0/s1. The van der Waals surface area contributed by atoms with Crippen molar-refractivity contribution < 1.29 is 19.4 Å². The van der Waals surface area contributed by atoms with Crippen molar-refractivity contribution in [3.8, 4) is 11.5 Å². The van der Waals surface area contributed by atoms with Crippen LogP contribution in [0.15, 0.2) is 30.3 Å². The lowest BCUT2D eigenvalue weighted by Crippen LogP contribution is -2.69. The van der Waals surface area contributed by atoms with Crippen molar-refractivity contribution in [2.75, 3.05) is 27.2 Å². The summed E-state index contributed by atoms with van der Waals surface area (Å²) in [7, 11) is 3.63. The predicted molar refractivity (Wildman–Crippen MR) is 146 cm³/mol. The molecule has 2 aromatic carbocycles. The zero-order valence-corrected chi connectivity index (χ0v) is 23.3. The summed E-state index contributed by atoms with van der Waals surface area (Å²) >= 11 is 12.3. The minimum Gasteiger partial charge on any atom is -0.493 e. The zero-order chi connectivity index (χ0) is 26.3. The van der Waals surface area contributed by atoms with Gasteiger partial charge in [-0.3, -0.25) is 9.69 Å². The Labute approximate surface area is 233 Å². The van der Waals surface area contributed by atoms with Crippen molar-refractivity contribution in [1.82, 2.24) is 9.80 Å². The molecule has 3 fully saturated rings. The van der Waals surface area contributed by atoms with Crippen molar-refractivity contribution in [2.24, 2.45) is 11.8 Å². The summed E-state index contributed by atoms with van der Waals surface area (Å²) in [6.07, 6.45) is 4.93. The van der Waals surface area contributed by atoms with Crippen LogP contribution < -0.4 is 9.47 Å². The number of piperidine rings is 1. The Kier molecular flexibility index (Phi) is 5.94. The summed E-state index contributed by atoms with van der Waals surface area (Å²) in [6.45, 7) is 1.97. The van der Waals surface area contributed by atoms with E-state index < -0.39 is 0 Å². The van der Waals surface area contributed by atoms with E-state index in [0.29, 0.717) is 27.9 Å². The molecular weight excluding hydrogens is 523 g/mol. The van der Waals surface area contributed by atoms with Crippen LogP contribution in [-0.2, 0) is 23.1 Å². The number of aliphatic hydroxyl groups excluding tert-OH is 1. The molecule has 5 aliphatic rings. The van der Waals surface area contributed by atoms with Crippen molar-refractivity contribution in [3.63, 3.8) is 0 Å². The first-order valence-corrected chi connectivity index (χ1v) is 14.6. The molecular formula is C30H34Cl2N2O4. The van der Waals surface area contributed by atoms with Gasteiger partial charge in [0, 0.05) is 36.5 Å². The number of aliphatic hydroxyl groups is 1. The number of benzene rings is 2. The Morgan fingerprint density at radius 1 is 1.24 bits per heavy atom. The molecule has 2 saturated carbocycles. The third-order valence-electron chi connectivity index (χ3n) is 10.2. The predicted octanol–water partition coefficient (Wildman–Crippen LogP) is 4.49. The summed E-state index contributed by atoms with van der Waals surface area (Å²) in [6, 6.07) is 10.1. The molecule has 1 amide bonds. The lowest BCUT2D eigenvalue weighted by Gasteiger charge is -2.60. The lowest BCUT2D eigenvalue weighted by molar-refractivity contribution is -0.139. The van der Waals surface area contributed by atoms with E-state index in [9.17, 15) is 9.90 Å². The van der Waals surface area contributed by atoms with Crippen LogP contribution in [0.4, 0.5) is 0 Å². The van der Waals surface area contributed by atoms with Crippen LogP contribution >= 0.6 is 23.2 Å². The maximum absolute atomic E-state index is 13.6. The summed E-state index contributed by atoms with van der Waals surface area (Å²) < 4.78 is 12.7. The monoisotopic (exact) mass is 556 g/mol. The summed E-state index contributed by atoms with van der Waals surface area (Å²) in [5.74, 6) is 2.61. The van der Waals surface area contributed by atoms with Crippen molar-refractivity contribution in [2.45, 2.75) is 68.2 Å². The third kappa shape index (κ3) is 3.63. The molecule has 7 atom stereocenters. The SMILES string of the molecule is COc1ccc2c3c1O[C@H]1[C@H](N(C)C(=O)Cc4ccc(Cl)c(Cl)c4)CC[C@H]4[C@@H](C2)N(CC2CC2O)CC[C@@]341. The highest BCUT2D eigenvalue weighted by Crippen LogP contribution is 2.64. The van der Waals surface area contributed by atoms with Crippen molar-refractivity contribution in [1.29, 1.82) is 0 Å². The second-order valence-electron chi connectivity index (χ2n) is 12.0. The Morgan fingerprint density at radius 2 is 2.05 bits per heavy atom. The van der Waals surface area contributed by atoms with E-state index in [-0.39, 0.29) is 36.0 Å². The quantitative estimate of drug-likeness (QED) is 0.568. The van der Waals surface area contributed by atoms with Gasteiger partial charge in [-0.1, -0.05) is 35.3 Å². The van der Waals surface area contributed by atoms with Crippen molar-refractivity contribution >= 4 is 29.1 Å². The molecule has 3 aliphatic carbocycles. The molecule has 2 aromatic rings. The average Bonchev–Trinajstić information content (AvgIpc) is 3.49. The highest BCUT2D eigenvalue weighted by atomic mass is 35.5. The number of nitrogens with zero attached hydrogens (tertiary/aromatic N) is 2. The maximum Gasteiger partial charge on any atom is 0.227 e. The molecule has 2 heterocycles. The Morgan fingerprint density at radius 3 is 2.79 bits per heavy atom. The number of carbonyl (C=O) groups excluding carboxylic acids is 1. The van der Waals surface area contributed by atoms with Gasteiger partial charge in [0.05, 0.1) is 35.7 Å². The average molecular weight is 558 g/mol. The number of halogens is 2. The fourth-order valence-corrected chi connectivity index (χ4v) is 8.56. The van der Waals surface area contributed by atoms with Gasteiger partial charge in [-0.25, -0.2) is 0 Å². The zero-order valence-electron chi connectivity index (χ0n) is 21.8. The minimum atomic E-state index is -0.133. The second kappa shape index (κ2) is 9.02. The van der Waals surface area contributed by atoms with Crippen LogP contribution in [0.2, 0.25) is 10.0 Å². The largest absolute Gasteiger partial charge is 0.493 e. The number of likely N-dealkylation sites (tertiary alicyclic amines) is 1. The molecule has 2 unspecified atom stereocenters. The van der Waals surface area contributed by atoms with E-state index in [1.54, 1.807) is 19.2 Å². The topological polar surface area (TPSA) is 62.2 Å². The molecule has 2 bridgehead atoms. The van der Waals surface area contributed by atoms with Gasteiger partial charge in [0.2, 0.25) is 5.91 Å². The molecule has 1 N–H and O–H groups in total. The Bertz CT molecular complexity index is 1300. The van der Waals surface area contributed by atoms with Crippen LogP contribution in [0.25, 0.3) is 0 Å². The minimum absolute atomic E-state index is 0.0259. The first kappa shape index (κ1) is 25.0. The van der Waals surface area contributed by atoms with Crippen LogP contribution in [0.1, 0.15) is 42.4 Å². The highest BCUT2D eigenvalue weighted by molar-refractivity contribution is 6.42. The molecule has 8 heteroatoms. The van der Waals surface area contributed by atoms with Gasteiger partial charge in [0.25, 0.3) is 0 Å². The molecule has 7 rings (SSSR count). The number of rotatable bonds is 6. The molecule has 202 valence electrons. The smallest absolute Gasteiger partial charge is 0.227 e. The van der Waals surface area contributed by atoms with E-state index in [1.165, 1.54) is 11.1 Å². The summed E-state index contributed by atoms with van der Waals surface area (Å²) in [5.41, 5.74) is 3.43. The molecule has 1 saturated heterocycles. The van der Waals surface area contributed by atoms with Crippen LogP contribution in [0.5, 0.6) is 11.5 Å².